The van der Waals surface area contributed by atoms with Crippen LogP contribution in [0.15, 0.2) is 0 Å². The molecule has 0 saturated carbocycles. The van der Waals surface area contributed by atoms with Gasteiger partial charge in [0.05, 0.1) is 6.61 Å². The number of urea groups is 1. The molecule has 6 nitrogen and oxygen atoms in total. The summed E-state index contributed by atoms with van der Waals surface area (Å²) in [6.45, 7) is -0.157. The van der Waals surface area contributed by atoms with Gasteiger partial charge in [-0.05, 0) is 6.26 Å². The monoisotopic (exact) mass is 222 g/mol. The summed E-state index contributed by atoms with van der Waals surface area (Å²) in [6, 6.07) is -1.83. The third kappa shape index (κ3) is 5.65. The molecule has 0 spiro atoms. The zero-order valence-corrected chi connectivity index (χ0v) is 8.63. The van der Waals surface area contributed by atoms with Crippen LogP contribution in [0.5, 0.6) is 0 Å². The smallest absolute Gasteiger partial charge is 0.328 e. The van der Waals surface area contributed by atoms with Crippen molar-refractivity contribution in [2.24, 2.45) is 0 Å². The van der Waals surface area contributed by atoms with E-state index in [1.54, 1.807) is 11.8 Å². The Morgan fingerprint density at radius 1 is 1.50 bits per heavy atom. The van der Waals surface area contributed by atoms with Crippen molar-refractivity contribution in [2.45, 2.75) is 6.04 Å². The first kappa shape index (κ1) is 13.1. The van der Waals surface area contributed by atoms with Crippen LogP contribution >= 0.6 is 11.8 Å². The summed E-state index contributed by atoms with van der Waals surface area (Å²) >= 11 is 1.57. The van der Waals surface area contributed by atoms with Crippen molar-refractivity contribution in [3.05, 3.63) is 0 Å². The van der Waals surface area contributed by atoms with Crippen molar-refractivity contribution < 1.29 is 19.8 Å². The van der Waals surface area contributed by atoms with Crippen LogP contribution in [0, 0.1) is 0 Å². The summed E-state index contributed by atoms with van der Waals surface area (Å²) in [4.78, 5) is 21.4. The molecule has 82 valence electrons. The number of hydrogen-bond acceptors (Lipinski definition) is 4. The molecule has 0 aliphatic heterocycles. The summed E-state index contributed by atoms with van der Waals surface area (Å²) in [5, 5.41) is 21.7. The molecule has 0 aliphatic carbocycles. The minimum Gasteiger partial charge on any atom is -0.480 e. The van der Waals surface area contributed by atoms with Gasteiger partial charge in [-0.2, -0.15) is 11.8 Å². The Kier molecular flexibility index (Phi) is 6.95. The number of nitrogens with one attached hydrogen (secondary N) is 2. The highest BCUT2D eigenvalue weighted by molar-refractivity contribution is 7.98. The van der Waals surface area contributed by atoms with Crippen molar-refractivity contribution in [3.8, 4) is 0 Å². The van der Waals surface area contributed by atoms with Crippen LogP contribution < -0.4 is 10.6 Å². The van der Waals surface area contributed by atoms with Crippen LogP contribution in [0.1, 0.15) is 0 Å². The van der Waals surface area contributed by atoms with Gasteiger partial charge in [0.2, 0.25) is 0 Å². The second-order valence-corrected chi connectivity index (χ2v) is 3.45. The SMILES string of the molecule is CSCCNC(=O)N[C@@H](CO)C(=O)O. The van der Waals surface area contributed by atoms with Crippen LogP contribution in [0.2, 0.25) is 0 Å². The molecule has 7 heteroatoms. The maximum atomic E-state index is 11.0. The van der Waals surface area contributed by atoms with E-state index in [1.807, 2.05) is 6.26 Å². The van der Waals surface area contributed by atoms with Crippen molar-refractivity contribution >= 4 is 23.8 Å². The van der Waals surface area contributed by atoms with Gasteiger partial charge in [-0.3, -0.25) is 0 Å². The number of carbonyl (C=O) groups excluding carboxylic acids is 1. The molecule has 2 amide bonds. The molecule has 0 bridgehead atoms. The van der Waals surface area contributed by atoms with Gasteiger partial charge in [0.15, 0.2) is 6.04 Å². The Labute approximate surface area is 86.1 Å². The number of hydrogen-bond donors (Lipinski definition) is 4. The molecule has 0 rings (SSSR count). The number of amides is 2. The summed E-state index contributed by atoms with van der Waals surface area (Å²) < 4.78 is 0. The average molecular weight is 222 g/mol. The number of carbonyl (C=O) groups is 2. The second-order valence-electron chi connectivity index (χ2n) is 2.47. The first-order chi connectivity index (χ1) is 6.61. The second kappa shape index (κ2) is 7.45. The first-order valence-corrected chi connectivity index (χ1v) is 5.38. The van der Waals surface area contributed by atoms with E-state index in [0.717, 1.165) is 5.75 Å². The molecule has 14 heavy (non-hydrogen) atoms. The highest BCUT2D eigenvalue weighted by Crippen LogP contribution is 1.87. The average Bonchev–Trinajstić information content (AvgIpc) is 2.14. The van der Waals surface area contributed by atoms with Crippen molar-refractivity contribution in [3.63, 3.8) is 0 Å². The summed E-state index contributed by atoms with van der Waals surface area (Å²) in [6.07, 6.45) is 1.90. The maximum Gasteiger partial charge on any atom is 0.328 e. The lowest BCUT2D eigenvalue weighted by molar-refractivity contribution is -0.140. The van der Waals surface area contributed by atoms with E-state index in [9.17, 15) is 9.59 Å². The van der Waals surface area contributed by atoms with E-state index in [-0.39, 0.29) is 0 Å². The number of aliphatic hydroxyl groups excluding tert-OH is 1. The number of thioether (sulfide) groups is 1. The Bertz CT molecular complexity index is 200. The molecule has 0 saturated heterocycles. The molecule has 0 aliphatic rings. The van der Waals surface area contributed by atoms with Crippen molar-refractivity contribution in [2.75, 3.05) is 25.2 Å². The van der Waals surface area contributed by atoms with Crippen LogP contribution in [-0.4, -0.2) is 53.4 Å². The fraction of sp³-hybridized carbons (Fsp3) is 0.714. The van der Waals surface area contributed by atoms with Gasteiger partial charge in [-0.1, -0.05) is 0 Å². The Hall–Kier alpha value is -0.950. The topological polar surface area (TPSA) is 98.7 Å². The molecule has 0 radical (unpaired) electrons. The summed E-state index contributed by atoms with van der Waals surface area (Å²) in [5.41, 5.74) is 0. The molecular weight excluding hydrogens is 208 g/mol. The van der Waals surface area contributed by atoms with Crippen LogP contribution in [-0.2, 0) is 4.79 Å². The molecule has 0 fully saturated rings. The van der Waals surface area contributed by atoms with Gasteiger partial charge in [0, 0.05) is 12.3 Å². The molecule has 0 unspecified atom stereocenters. The molecule has 1 atom stereocenters. The lowest BCUT2D eigenvalue weighted by atomic mass is 10.3. The van der Waals surface area contributed by atoms with E-state index < -0.39 is 24.6 Å². The standard InChI is InChI=1S/C7H14N2O4S/c1-14-3-2-8-7(13)9-5(4-10)6(11)12/h5,10H,2-4H2,1H3,(H,11,12)(H2,8,9,13)/t5-/m0/s1. The van der Waals surface area contributed by atoms with Gasteiger partial charge in [0.1, 0.15) is 0 Å². The molecule has 0 aromatic carbocycles. The van der Waals surface area contributed by atoms with Gasteiger partial charge >= 0.3 is 12.0 Å². The van der Waals surface area contributed by atoms with Crippen LogP contribution in [0.3, 0.4) is 0 Å². The zero-order valence-electron chi connectivity index (χ0n) is 7.82. The Morgan fingerprint density at radius 2 is 2.14 bits per heavy atom. The predicted octanol–water partition coefficient (Wildman–Crippen LogP) is -0.906. The van der Waals surface area contributed by atoms with Gasteiger partial charge < -0.3 is 20.8 Å². The number of carboxylic acid groups (broad SMARTS) is 1. The highest BCUT2D eigenvalue weighted by atomic mass is 32.2. The minimum absolute atomic E-state index is 0.463. The fourth-order valence-electron chi connectivity index (χ4n) is 0.661. The quantitative estimate of drug-likeness (QED) is 0.436. The van der Waals surface area contributed by atoms with Crippen molar-refractivity contribution in [1.29, 1.82) is 0 Å². The number of aliphatic hydroxyl groups is 1. The third-order valence-electron chi connectivity index (χ3n) is 1.38. The Morgan fingerprint density at radius 3 is 2.57 bits per heavy atom. The van der Waals surface area contributed by atoms with Gasteiger partial charge in [-0.15, -0.1) is 0 Å². The number of rotatable bonds is 6. The van der Waals surface area contributed by atoms with E-state index in [4.69, 9.17) is 10.2 Å². The van der Waals surface area contributed by atoms with E-state index in [1.165, 1.54) is 0 Å². The minimum atomic E-state index is -1.26. The maximum absolute atomic E-state index is 11.0. The zero-order chi connectivity index (χ0) is 11.0. The van der Waals surface area contributed by atoms with E-state index >= 15 is 0 Å². The third-order valence-corrected chi connectivity index (χ3v) is 1.99. The van der Waals surface area contributed by atoms with Gasteiger partial charge in [0.25, 0.3) is 0 Å². The molecular formula is C7H14N2O4S. The normalized spacial score (nSPS) is 11.9. The van der Waals surface area contributed by atoms with Crippen LogP contribution in [0.25, 0.3) is 0 Å². The lowest BCUT2D eigenvalue weighted by Crippen LogP contribution is -2.48. The number of aliphatic carboxylic acids is 1. The predicted molar refractivity (Wildman–Crippen MR) is 53.4 cm³/mol. The molecule has 0 heterocycles. The molecule has 4 N–H and O–H groups in total. The lowest BCUT2D eigenvalue weighted by Gasteiger charge is -2.12. The van der Waals surface area contributed by atoms with E-state index in [0.29, 0.717) is 6.54 Å². The van der Waals surface area contributed by atoms with E-state index in [2.05, 4.69) is 10.6 Å². The first-order valence-electron chi connectivity index (χ1n) is 3.98. The van der Waals surface area contributed by atoms with Crippen LogP contribution in [0.4, 0.5) is 4.79 Å². The highest BCUT2D eigenvalue weighted by Gasteiger charge is 2.17. The summed E-state index contributed by atoms with van der Waals surface area (Å²) in [7, 11) is 0. The van der Waals surface area contributed by atoms with Crippen molar-refractivity contribution in [1.82, 2.24) is 10.6 Å². The molecule has 0 aromatic heterocycles. The fourth-order valence-corrected chi connectivity index (χ4v) is 0.968. The van der Waals surface area contributed by atoms with Gasteiger partial charge in [-0.25, -0.2) is 9.59 Å². The Balaban J connectivity index is 3.74. The largest absolute Gasteiger partial charge is 0.480 e. The number of carboxylic acids is 1. The summed E-state index contributed by atoms with van der Waals surface area (Å²) in [5.74, 6) is -0.503. The molecule has 0 aromatic rings.